The molecule has 0 aliphatic carbocycles. The van der Waals surface area contributed by atoms with Crippen LogP contribution in [0.4, 0.5) is 0 Å². The first-order valence-corrected chi connectivity index (χ1v) is 10.4. The van der Waals surface area contributed by atoms with Crippen molar-refractivity contribution in [2.75, 3.05) is 7.11 Å². The second-order valence-electron chi connectivity index (χ2n) is 7.89. The molecule has 8 nitrogen and oxygen atoms in total. The highest BCUT2D eigenvalue weighted by molar-refractivity contribution is 6.04. The summed E-state index contributed by atoms with van der Waals surface area (Å²) in [7, 11) is 1.60. The van der Waals surface area contributed by atoms with E-state index in [-0.39, 0.29) is 6.04 Å². The van der Waals surface area contributed by atoms with Gasteiger partial charge in [0.2, 0.25) is 0 Å². The Morgan fingerprint density at radius 3 is 2.58 bits per heavy atom. The number of nitrogens with zero attached hydrogens (tertiary/aromatic N) is 4. The average Bonchev–Trinajstić information content (AvgIpc) is 3.35. The van der Waals surface area contributed by atoms with Crippen LogP contribution in [0.1, 0.15) is 35.5 Å². The van der Waals surface area contributed by atoms with Crippen LogP contribution in [0.15, 0.2) is 56.3 Å². The number of ether oxygens (including phenoxy) is 1. The molecule has 0 aliphatic rings. The Morgan fingerprint density at radius 1 is 1.18 bits per heavy atom. The van der Waals surface area contributed by atoms with E-state index in [9.17, 15) is 4.79 Å². The highest BCUT2D eigenvalue weighted by atomic mass is 16.5. The van der Waals surface area contributed by atoms with Gasteiger partial charge in [-0.2, -0.15) is 5.26 Å². The van der Waals surface area contributed by atoms with Gasteiger partial charge in [-0.1, -0.05) is 17.3 Å². The van der Waals surface area contributed by atoms with Crippen LogP contribution in [-0.4, -0.2) is 21.8 Å². The lowest BCUT2D eigenvalue weighted by Crippen LogP contribution is -2.19. The summed E-state index contributed by atoms with van der Waals surface area (Å²) in [6.07, 6.45) is 1.56. The molecule has 0 saturated carbocycles. The van der Waals surface area contributed by atoms with E-state index in [1.807, 2.05) is 45.0 Å². The number of nitriles is 1. The van der Waals surface area contributed by atoms with E-state index in [1.54, 1.807) is 30.0 Å². The molecule has 0 amide bonds. The van der Waals surface area contributed by atoms with Gasteiger partial charge in [0, 0.05) is 10.9 Å². The largest absolute Gasteiger partial charge is 0.496 e. The fraction of sp³-hybridized carbons (Fsp3) is 0.200. The minimum atomic E-state index is -0.482. The van der Waals surface area contributed by atoms with E-state index in [0.717, 1.165) is 27.8 Å². The predicted octanol–water partition coefficient (Wildman–Crippen LogP) is 4.90. The van der Waals surface area contributed by atoms with E-state index in [0.29, 0.717) is 33.7 Å². The molecule has 1 atom stereocenters. The third-order valence-corrected chi connectivity index (χ3v) is 5.97. The lowest BCUT2D eigenvalue weighted by atomic mass is 10.00. The molecule has 0 spiro atoms. The van der Waals surface area contributed by atoms with Gasteiger partial charge in [0.1, 0.15) is 17.0 Å². The molecule has 5 rings (SSSR count). The van der Waals surface area contributed by atoms with E-state index in [1.165, 1.54) is 0 Å². The van der Waals surface area contributed by atoms with Crippen LogP contribution in [0.25, 0.3) is 33.1 Å². The van der Waals surface area contributed by atoms with Gasteiger partial charge in [0.25, 0.3) is 0 Å². The summed E-state index contributed by atoms with van der Waals surface area (Å²) in [5, 5.41) is 13.9. The molecule has 0 N–H and O–H groups in total. The van der Waals surface area contributed by atoms with Crippen LogP contribution in [0.2, 0.25) is 0 Å². The first kappa shape index (κ1) is 20.5. The molecule has 0 radical (unpaired) electrons. The molecule has 0 aliphatic heterocycles. The van der Waals surface area contributed by atoms with Crippen LogP contribution in [0.3, 0.4) is 0 Å². The molecule has 8 heteroatoms. The van der Waals surface area contributed by atoms with Crippen LogP contribution >= 0.6 is 0 Å². The molecule has 5 aromatic rings. The highest BCUT2D eigenvalue weighted by Gasteiger charge is 2.22. The SMILES string of the molecule is COc1cc2c(cc1-c1c(C)noc1C)ncc1oc(=O)n(C(C)c3ccc(C#N)cc3)c12. The van der Waals surface area contributed by atoms with Crippen molar-refractivity contribution in [2.24, 2.45) is 0 Å². The van der Waals surface area contributed by atoms with Crippen LogP contribution in [0.5, 0.6) is 5.75 Å². The van der Waals surface area contributed by atoms with Gasteiger partial charge < -0.3 is 13.7 Å². The van der Waals surface area contributed by atoms with E-state index in [2.05, 4.69) is 16.2 Å². The Bertz CT molecular complexity index is 1600. The molecule has 0 bridgehead atoms. The van der Waals surface area contributed by atoms with Crippen molar-refractivity contribution in [2.45, 2.75) is 26.8 Å². The fourth-order valence-corrected chi connectivity index (χ4v) is 4.31. The lowest BCUT2D eigenvalue weighted by Gasteiger charge is -2.15. The number of benzene rings is 2. The van der Waals surface area contributed by atoms with Crippen LogP contribution in [-0.2, 0) is 0 Å². The normalized spacial score (nSPS) is 12.2. The van der Waals surface area contributed by atoms with Crippen molar-refractivity contribution in [3.8, 4) is 22.9 Å². The maximum absolute atomic E-state index is 12.9. The molecule has 3 aromatic heterocycles. The van der Waals surface area contributed by atoms with Gasteiger partial charge in [-0.15, -0.1) is 0 Å². The zero-order valence-corrected chi connectivity index (χ0v) is 18.5. The van der Waals surface area contributed by atoms with Crippen molar-refractivity contribution < 1.29 is 13.7 Å². The predicted molar refractivity (Wildman–Crippen MR) is 122 cm³/mol. The number of oxazole rings is 1. The number of hydrogen-bond acceptors (Lipinski definition) is 7. The van der Waals surface area contributed by atoms with E-state index < -0.39 is 5.76 Å². The number of hydrogen-bond donors (Lipinski definition) is 0. The van der Waals surface area contributed by atoms with E-state index >= 15 is 0 Å². The lowest BCUT2D eigenvalue weighted by molar-refractivity contribution is 0.393. The second kappa shape index (κ2) is 7.64. The molecular weight excluding hydrogens is 420 g/mol. The Hall–Kier alpha value is -4.38. The first-order chi connectivity index (χ1) is 15.9. The third-order valence-electron chi connectivity index (χ3n) is 5.97. The monoisotopic (exact) mass is 440 g/mol. The molecule has 3 heterocycles. The molecule has 2 aromatic carbocycles. The van der Waals surface area contributed by atoms with Gasteiger partial charge >= 0.3 is 5.76 Å². The standard InChI is InChI=1S/C25H20N4O4/c1-13-23(15(3)33-28-13)19-9-20-18(10-21(19)31-4)24-22(12-27-20)32-25(30)29(24)14(2)17-7-5-16(11-26)6-8-17/h5-10,12,14H,1-4H3. The summed E-state index contributed by atoms with van der Waals surface area (Å²) in [6.45, 7) is 5.64. The van der Waals surface area contributed by atoms with Crippen molar-refractivity contribution in [1.29, 1.82) is 5.26 Å². The molecule has 33 heavy (non-hydrogen) atoms. The van der Waals surface area contributed by atoms with Gasteiger partial charge in [-0.05, 0) is 50.6 Å². The number of aryl methyl sites for hydroxylation is 2. The number of pyridine rings is 1. The smallest absolute Gasteiger partial charge is 0.420 e. The summed E-state index contributed by atoms with van der Waals surface area (Å²) in [4.78, 5) is 17.4. The van der Waals surface area contributed by atoms with Crippen molar-refractivity contribution >= 4 is 22.0 Å². The summed E-state index contributed by atoms with van der Waals surface area (Å²) in [5.74, 6) is 0.809. The summed E-state index contributed by atoms with van der Waals surface area (Å²) < 4.78 is 18.2. The number of rotatable bonds is 4. The van der Waals surface area contributed by atoms with Gasteiger partial charge in [0.05, 0.1) is 47.8 Å². The van der Waals surface area contributed by atoms with Crippen LogP contribution in [0, 0.1) is 25.2 Å². The fourth-order valence-electron chi connectivity index (χ4n) is 4.31. The van der Waals surface area contributed by atoms with E-state index in [4.69, 9.17) is 18.9 Å². The Balaban J connectivity index is 1.77. The molecule has 0 fully saturated rings. The number of aromatic nitrogens is 3. The molecule has 164 valence electrons. The first-order valence-electron chi connectivity index (χ1n) is 10.4. The number of methoxy groups -OCH3 is 1. The van der Waals surface area contributed by atoms with Gasteiger partial charge in [0.15, 0.2) is 5.58 Å². The van der Waals surface area contributed by atoms with Gasteiger partial charge in [-0.3, -0.25) is 9.55 Å². The topological polar surface area (TPSA) is 107 Å². The minimum Gasteiger partial charge on any atom is -0.496 e. The quantitative estimate of drug-likeness (QED) is 0.391. The summed E-state index contributed by atoms with van der Waals surface area (Å²) in [5.41, 5.74) is 5.55. The van der Waals surface area contributed by atoms with Crippen molar-refractivity contribution in [3.05, 3.63) is 75.7 Å². The Morgan fingerprint density at radius 2 is 1.94 bits per heavy atom. The van der Waals surface area contributed by atoms with Gasteiger partial charge in [-0.25, -0.2) is 4.79 Å². The molecular formula is C25H20N4O4. The third kappa shape index (κ3) is 3.17. The van der Waals surface area contributed by atoms with Crippen LogP contribution < -0.4 is 10.5 Å². The summed E-state index contributed by atoms with van der Waals surface area (Å²) in [6, 6.07) is 12.7. The second-order valence-corrected chi connectivity index (χ2v) is 7.89. The maximum atomic E-state index is 12.9. The summed E-state index contributed by atoms with van der Waals surface area (Å²) >= 11 is 0. The average molecular weight is 440 g/mol. The zero-order valence-electron chi connectivity index (χ0n) is 18.5. The molecule has 1 unspecified atom stereocenters. The number of fused-ring (bicyclic) bond motifs is 3. The zero-order chi connectivity index (χ0) is 23.3. The Kier molecular flexibility index (Phi) is 4.75. The highest BCUT2D eigenvalue weighted by Crippen LogP contribution is 2.39. The minimum absolute atomic E-state index is 0.328. The Labute approximate surface area is 188 Å². The van der Waals surface area contributed by atoms with Crippen molar-refractivity contribution in [3.63, 3.8) is 0 Å². The molecule has 0 saturated heterocycles. The maximum Gasteiger partial charge on any atom is 0.420 e. The van der Waals surface area contributed by atoms with Crippen molar-refractivity contribution in [1.82, 2.24) is 14.7 Å².